The summed E-state index contributed by atoms with van der Waals surface area (Å²) in [5, 5.41) is 12.7. The number of halogens is 1. The lowest BCUT2D eigenvalue weighted by molar-refractivity contribution is -0.113. The molecule has 1 N–H and O–H groups in total. The molecule has 0 radical (unpaired) electrons. The molecular weight excluding hydrogens is 434 g/mol. The number of benzene rings is 2. The van der Waals surface area contributed by atoms with Crippen molar-refractivity contribution in [3.63, 3.8) is 0 Å². The summed E-state index contributed by atoms with van der Waals surface area (Å²) < 4.78 is 9.10. The SMILES string of the molecule is CCOc1ccc(NC(=O)CSc2nnc(-c3ccccc3Cl)n2-n2cccc2)cc1. The van der Waals surface area contributed by atoms with Crippen molar-refractivity contribution in [2.24, 2.45) is 0 Å². The number of hydrogen-bond acceptors (Lipinski definition) is 5. The summed E-state index contributed by atoms with van der Waals surface area (Å²) in [4.78, 5) is 12.5. The third kappa shape index (κ3) is 4.92. The van der Waals surface area contributed by atoms with Gasteiger partial charge in [-0.25, -0.2) is 4.68 Å². The van der Waals surface area contributed by atoms with E-state index in [0.717, 1.165) is 11.3 Å². The van der Waals surface area contributed by atoms with Crippen LogP contribution in [0.25, 0.3) is 11.4 Å². The van der Waals surface area contributed by atoms with E-state index < -0.39 is 0 Å². The summed E-state index contributed by atoms with van der Waals surface area (Å²) in [5.74, 6) is 1.39. The van der Waals surface area contributed by atoms with E-state index in [0.29, 0.717) is 28.3 Å². The average molecular weight is 454 g/mol. The van der Waals surface area contributed by atoms with Gasteiger partial charge in [-0.15, -0.1) is 10.2 Å². The molecule has 1 amide bonds. The molecule has 4 rings (SSSR count). The molecule has 31 heavy (non-hydrogen) atoms. The van der Waals surface area contributed by atoms with Crippen molar-refractivity contribution in [2.45, 2.75) is 12.1 Å². The van der Waals surface area contributed by atoms with Gasteiger partial charge in [0.2, 0.25) is 11.1 Å². The van der Waals surface area contributed by atoms with Crippen molar-refractivity contribution >= 4 is 35.0 Å². The molecule has 0 aliphatic carbocycles. The van der Waals surface area contributed by atoms with E-state index in [2.05, 4.69) is 15.5 Å². The topological polar surface area (TPSA) is 74.0 Å². The number of carbonyl (C=O) groups excluding carboxylic acids is 1. The number of aromatic nitrogens is 4. The molecule has 0 unspecified atom stereocenters. The number of rotatable bonds is 8. The minimum absolute atomic E-state index is 0.143. The van der Waals surface area contributed by atoms with Crippen LogP contribution in [0.15, 0.2) is 78.2 Å². The molecule has 0 atom stereocenters. The van der Waals surface area contributed by atoms with E-state index in [1.54, 1.807) is 0 Å². The van der Waals surface area contributed by atoms with E-state index >= 15 is 0 Å². The number of ether oxygens (including phenoxy) is 1. The molecule has 0 saturated carbocycles. The monoisotopic (exact) mass is 453 g/mol. The predicted octanol–water partition coefficient (Wildman–Crippen LogP) is 4.84. The van der Waals surface area contributed by atoms with Crippen LogP contribution in [0.1, 0.15) is 6.92 Å². The normalized spacial score (nSPS) is 10.8. The number of hydrogen-bond donors (Lipinski definition) is 1. The van der Waals surface area contributed by atoms with Crippen molar-refractivity contribution in [1.82, 2.24) is 19.5 Å². The molecule has 158 valence electrons. The maximum absolute atomic E-state index is 12.5. The van der Waals surface area contributed by atoms with Crippen molar-refractivity contribution in [3.8, 4) is 17.1 Å². The van der Waals surface area contributed by atoms with Gasteiger partial charge in [-0.05, 0) is 55.5 Å². The number of nitrogens with one attached hydrogen (secondary N) is 1. The first kappa shape index (κ1) is 21.0. The molecule has 2 heterocycles. The fraction of sp³-hybridized carbons (Fsp3) is 0.136. The lowest BCUT2D eigenvalue weighted by Crippen LogP contribution is -2.15. The van der Waals surface area contributed by atoms with Crippen LogP contribution in [0, 0.1) is 0 Å². The Morgan fingerprint density at radius 2 is 1.81 bits per heavy atom. The van der Waals surface area contributed by atoms with Crippen molar-refractivity contribution in [1.29, 1.82) is 0 Å². The highest BCUT2D eigenvalue weighted by atomic mass is 35.5. The first-order valence-electron chi connectivity index (χ1n) is 9.65. The van der Waals surface area contributed by atoms with Crippen LogP contribution in [-0.4, -0.2) is 37.8 Å². The third-order valence-corrected chi connectivity index (χ3v) is 5.58. The Bertz CT molecular complexity index is 1160. The average Bonchev–Trinajstić information content (AvgIpc) is 3.44. The van der Waals surface area contributed by atoms with Gasteiger partial charge in [0.25, 0.3) is 0 Å². The largest absolute Gasteiger partial charge is 0.494 e. The van der Waals surface area contributed by atoms with Gasteiger partial charge >= 0.3 is 0 Å². The summed E-state index contributed by atoms with van der Waals surface area (Å²) in [6, 6.07) is 18.5. The van der Waals surface area contributed by atoms with E-state index in [1.165, 1.54) is 11.8 Å². The highest BCUT2D eigenvalue weighted by Crippen LogP contribution is 2.29. The summed E-state index contributed by atoms with van der Waals surface area (Å²) in [5.41, 5.74) is 1.47. The Balaban J connectivity index is 1.51. The molecule has 0 spiro atoms. The van der Waals surface area contributed by atoms with Crippen molar-refractivity contribution < 1.29 is 9.53 Å². The maximum atomic E-state index is 12.5. The Hall–Kier alpha value is -3.23. The summed E-state index contributed by atoms with van der Waals surface area (Å²) in [7, 11) is 0. The first-order valence-corrected chi connectivity index (χ1v) is 11.0. The van der Waals surface area contributed by atoms with Crippen LogP contribution in [-0.2, 0) is 4.79 Å². The molecule has 2 aromatic carbocycles. The molecule has 0 saturated heterocycles. The number of anilines is 1. The minimum atomic E-state index is -0.143. The molecule has 7 nitrogen and oxygen atoms in total. The van der Waals surface area contributed by atoms with Crippen LogP contribution in [0.2, 0.25) is 5.02 Å². The Morgan fingerprint density at radius 1 is 1.06 bits per heavy atom. The van der Waals surface area contributed by atoms with Gasteiger partial charge in [-0.3, -0.25) is 9.47 Å². The van der Waals surface area contributed by atoms with Crippen molar-refractivity contribution in [3.05, 3.63) is 78.1 Å². The van der Waals surface area contributed by atoms with E-state index in [-0.39, 0.29) is 11.7 Å². The molecule has 9 heteroatoms. The van der Waals surface area contributed by atoms with Gasteiger partial charge < -0.3 is 10.1 Å². The third-order valence-electron chi connectivity index (χ3n) is 4.33. The van der Waals surface area contributed by atoms with Crippen LogP contribution in [0.3, 0.4) is 0 Å². The standard InChI is InChI=1S/C22H20ClN5O2S/c1-2-30-17-11-9-16(10-12-17)24-20(29)15-31-22-26-25-21(18-7-3-4-8-19(18)23)28(22)27-13-5-6-14-27/h3-14H,2,15H2,1H3,(H,24,29). The van der Waals surface area contributed by atoms with Gasteiger partial charge in [0.15, 0.2) is 5.82 Å². The Morgan fingerprint density at radius 3 is 2.52 bits per heavy atom. The molecule has 0 fully saturated rings. The quantitative estimate of drug-likeness (QED) is 0.386. The molecular formula is C22H20ClN5O2S. The van der Waals surface area contributed by atoms with E-state index in [4.69, 9.17) is 16.3 Å². The highest BCUT2D eigenvalue weighted by molar-refractivity contribution is 7.99. The van der Waals surface area contributed by atoms with Gasteiger partial charge in [-0.1, -0.05) is 35.5 Å². The molecule has 4 aromatic rings. The fourth-order valence-corrected chi connectivity index (χ4v) is 3.92. The first-order chi connectivity index (χ1) is 15.2. The summed E-state index contributed by atoms with van der Waals surface area (Å²) in [6.45, 7) is 2.52. The van der Waals surface area contributed by atoms with Gasteiger partial charge in [0, 0.05) is 23.6 Å². The van der Waals surface area contributed by atoms with Gasteiger partial charge in [0.1, 0.15) is 5.75 Å². The Labute approximate surface area is 189 Å². The molecule has 0 aliphatic heterocycles. The molecule has 0 aliphatic rings. The lowest BCUT2D eigenvalue weighted by atomic mass is 10.2. The smallest absolute Gasteiger partial charge is 0.234 e. The minimum Gasteiger partial charge on any atom is -0.494 e. The second kappa shape index (κ2) is 9.72. The van der Waals surface area contributed by atoms with Crippen LogP contribution >= 0.6 is 23.4 Å². The fourth-order valence-electron chi connectivity index (χ4n) is 2.96. The summed E-state index contributed by atoms with van der Waals surface area (Å²) in [6.07, 6.45) is 3.77. The number of thioether (sulfide) groups is 1. The van der Waals surface area contributed by atoms with E-state index in [9.17, 15) is 4.79 Å². The highest BCUT2D eigenvalue weighted by Gasteiger charge is 2.18. The number of amides is 1. The van der Waals surface area contributed by atoms with Gasteiger partial charge in [0.05, 0.1) is 17.4 Å². The molecule has 2 aromatic heterocycles. The number of nitrogens with zero attached hydrogens (tertiary/aromatic N) is 4. The zero-order chi connectivity index (χ0) is 21.6. The second-order valence-electron chi connectivity index (χ2n) is 6.46. The molecule has 0 bridgehead atoms. The van der Waals surface area contributed by atoms with Crippen LogP contribution in [0.5, 0.6) is 5.75 Å². The summed E-state index contributed by atoms with van der Waals surface area (Å²) >= 11 is 7.67. The van der Waals surface area contributed by atoms with Gasteiger partial charge in [-0.2, -0.15) is 0 Å². The van der Waals surface area contributed by atoms with Crippen LogP contribution in [0.4, 0.5) is 5.69 Å². The predicted molar refractivity (Wildman–Crippen MR) is 123 cm³/mol. The lowest BCUT2D eigenvalue weighted by Gasteiger charge is -2.12. The Kier molecular flexibility index (Phi) is 6.59. The van der Waals surface area contributed by atoms with Crippen molar-refractivity contribution in [2.75, 3.05) is 17.7 Å². The van der Waals surface area contributed by atoms with Crippen LogP contribution < -0.4 is 10.1 Å². The van der Waals surface area contributed by atoms with E-state index in [1.807, 2.05) is 89.3 Å². The number of carbonyl (C=O) groups is 1. The zero-order valence-corrected chi connectivity index (χ0v) is 18.3. The maximum Gasteiger partial charge on any atom is 0.234 e. The second-order valence-corrected chi connectivity index (χ2v) is 7.80. The zero-order valence-electron chi connectivity index (χ0n) is 16.7.